The number of rotatable bonds is 6. The Bertz CT molecular complexity index is 371. The summed E-state index contributed by atoms with van der Waals surface area (Å²) in [5.41, 5.74) is 0. The van der Waals surface area contributed by atoms with Crippen molar-refractivity contribution >= 4 is 12.0 Å². The van der Waals surface area contributed by atoms with Gasteiger partial charge >= 0.3 is 12.0 Å². The smallest absolute Gasteiger partial charge is 0.315 e. The number of carbonyl (C=O) groups is 2. The number of nitrogens with one attached hydrogen (secondary N) is 2. The highest BCUT2D eigenvalue weighted by Crippen LogP contribution is 2.17. The van der Waals surface area contributed by atoms with Crippen molar-refractivity contribution < 1.29 is 14.7 Å². The summed E-state index contributed by atoms with van der Waals surface area (Å²) < 4.78 is 0. The van der Waals surface area contributed by atoms with Gasteiger partial charge in [-0.2, -0.15) is 0 Å². The molecule has 2 unspecified atom stereocenters. The van der Waals surface area contributed by atoms with E-state index in [2.05, 4.69) is 16.6 Å². The van der Waals surface area contributed by atoms with Crippen LogP contribution in [0.25, 0.3) is 0 Å². The van der Waals surface area contributed by atoms with Gasteiger partial charge in [-0.3, -0.25) is 4.79 Å². The van der Waals surface area contributed by atoms with Crippen LogP contribution in [-0.2, 0) is 4.79 Å². The number of aliphatic carboxylic acids is 1. The largest absolute Gasteiger partial charge is 0.481 e. The van der Waals surface area contributed by atoms with E-state index in [0.717, 1.165) is 19.3 Å². The van der Waals surface area contributed by atoms with E-state index in [1.165, 1.54) is 0 Å². The Balaban J connectivity index is 2.13. The molecule has 3 N–H and O–H groups in total. The Morgan fingerprint density at radius 2 is 2.17 bits per heavy atom. The number of terminal acetylenes is 1. The predicted octanol–water partition coefficient (Wildman–Crippen LogP) is 1.12. The number of unbranched alkanes of at least 4 members (excludes halogenated alkanes) is 2. The second kappa shape index (κ2) is 7.38. The molecule has 5 nitrogen and oxygen atoms in total. The van der Waals surface area contributed by atoms with Crippen molar-refractivity contribution in [3.63, 3.8) is 0 Å². The Morgan fingerprint density at radius 3 is 2.78 bits per heavy atom. The van der Waals surface area contributed by atoms with Crippen molar-refractivity contribution in [1.82, 2.24) is 10.6 Å². The number of hydrogen-bond acceptors (Lipinski definition) is 2. The molecule has 0 radical (unpaired) electrons. The van der Waals surface area contributed by atoms with Crippen LogP contribution in [0.3, 0.4) is 0 Å². The first-order valence-corrected chi connectivity index (χ1v) is 6.02. The molecule has 98 valence electrons. The first-order chi connectivity index (χ1) is 8.63. The summed E-state index contributed by atoms with van der Waals surface area (Å²) in [6, 6.07) is -0.465. The van der Waals surface area contributed by atoms with Crippen LogP contribution >= 0.6 is 0 Å². The fraction of sp³-hybridized carbons (Fsp3) is 0.538. The molecule has 0 heterocycles. The van der Waals surface area contributed by atoms with Crippen molar-refractivity contribution in [2.75, 3.05) is 6.54 Å². The van der Waals surface area contributed by atoms with Gasteiger partial charge in [0.1, 0.15) is 0 Å². The fourth-order valence-corrected chi connectivity index (χ4v) is 1.76. The average molecular weight is 250 g/mol. The second-order valence-corrected chi connectivity index (χ2v) is 4.23. The number of carboxylic acids is 1. The lowest BCUT2D eigenvalue weighted by Crippen LogP contribution is -2.41. The zero-order valence-electron chi connectivity index (χ0n) is 10.2. The lowest BCUT2D eigenvalue weighted by atomic mass is 10.1. The molecule has 0 aromatic rings. The van der Waals surface area contributed by atoms with Gasteiger partial charge in [0.15, 0.2) is 0 Å². The molecule has 0 bridgehead atoms. The van der Waals surface area contributed by atoms with Crippen LogP contribution in [0.15, 0.2) is 12.2 Å². The van der Waals surface area contributed by atoms with Crippen LogP contribution < -0.4 is 10.6 Å². The monoisotopic (exact) mass is 250 g/mol. The lowest BCUT2D eigenvalue weighted by Gasteiger charge is -2.12. The van der Waals surface area contributed by atoms with Crippen LogP contribution in [0.1, 0.15) is 25.7 Å². The molecule has 1 rings (SSSR count). The van der Waals surface area contributed by atoms with Crippen LogP contribution in [0.5, 0.6) is 0 Å². The maximum atomic E-state index is 11.5. The van der Waals surface area contributed by atoms with E-state index in [-0.39, 0.29) is 12.1 Å². The second-order valence-electron chi connectivity index (χ2n) is 4.23. The van der Waals surface area contributed by atoms with Crippen LogP contribution in [0, 0.1) is 18.3 Å². The maximum absolute atomic E-state index is 11.5. The number of urea groups is 1. The average Bonchev–Trinajstić information content (AvgIpc) is 2.77. The van der Waals surface area contributed by atoms with Crippen molar-refractivity contribution in [2.24, 2.45) is 5.92 Å². The molecule has 0 aromatic heterocycles. The number of carboxylic acid groups (broad SMARTS) is 1. The highest BCUT2D eigenvalue weighted by atomic mass is 16.4. The lowest BCUT2D eigenvalue weighted by molar-refractivity contribution is -0.140. The van der Waals surface area contributed by atoms with E-state index in [0.29, 0.717) is 13.0 Å². The summed E-state index contributed by atoms with van der Waals surface area (Å²) in [6.45, 7) is 0.576. The van der Waals surface area contributed by atoms with Crippen molar-refractivity contribution in [3.8, 4) is 12.3 Å². The van der Waals surface area contributed by atoms with Crippen molar-refractivity contribution in [1.29, 1.82) is 0 Å². The molecule has 0 saturated carbocycles. The highest BCUT2D eigenvalue weighted by Gasteiger charge is 2.25. The van der Waals surface area contributed by atoms with Crippen LogP contribution in [0.2, 0.25) is 0 Å². The third kappa shape index (κ3) is 4.91. The van der Waals surface area contributed by atoms with E-state index >= 15 is 0 Å². The number of hydrogen-bond donors (Lipinski definition) is 3. The molecule has 5 heteroatoms. The summed E-state index contributed by atoms with van der Waals surface area (Å²) in [5, 5.41) is 14.2. The fourth-order valence-electron chi connectivity index (χ4n) is 1.76. The maximum Gasteiger partial charge on any atom is 0.315 e. The summed E-state index contributed by atoms with van der Waals surface area (Å²) >= 11 is 0. The summed E-state index contributed by atoms with van der Waals surface area (Å²) in [7, 11) is 0. The van der Waals surface area contributed by atoms with Gasteiger partial charge < -0.3 is 15.7 Å². The SMILES string of the molecule is C#CCCCCNC(=O)NC1C=CC(C(=O)O)C1. The third-order valence-corrected chi connectivity index (χ3v) is 2.75. The molecule has 2 atom stereocenters. The van der Waals surface area contributed by atoms with Gasteiger partial charge in [-0.25, -0.2) is 4.79 Å². The molecule has 0 aromatic carbocycles. The van der Waals surface area contributed by atoms with E-state index in [4.69, 9.17) is 11.5 Å². The molecule has 0 spiro atoms. The topological polar surface area (TPSA) is 78.4 Å². The normalized spacial score (nSPS) is 21.3. The van der Waals surface area contributed by atoms with E-state index in [9.17, 15) is 9.59 Å². The summed E-state index contributed by atoms with van der Waals surface area (Å²) in [5.74, 6) is 1.19. The minimum absolute atomic E-state index is 0.197. The van der Waals surface area contributed by atoms with Crippen LogP contribution in [-0.4, -0.2) is 29.7 Å². The molecule has 1 aliphatic carbocycles. The van der Waals surface area contributed by atoms with E-state index in [1.807, 2.05) is 0 Å². The molecule has 0 fully saturated rings. The molecule has 0 aliphatic heterocycles. The highest BCUT2D eigenvalue weighted by molar-refractivity contribution is 5.76. The van der Waals surface area contributed by atoms with Gasteiger partial charge in [0.05, 0.1) is 12.0 Å². The molecule has 1 aliphatic rings. The Kier molecular flexibility index (Phi) is 5.78. The van der Waals surface area contributed by atoms with E-state index < -0.39 is 11.9 Å². The van der Waals surface area contributed by atoms with Gasteiger partial charge in [-0.15, -0.1) is 12.3 Å². The Hall–Kier alpha value is -1.96. The number of amides is 2. The number of carbonyl (C=O) groups excluding carboxylic acids is 1. The zero-order chi connectivity index (χ0) is 13.4. The van der Waals surface area contributed by atoms with Crippen molar-refractivity contribution in [3.05, 3.63) is 12.2 Å². The van der Waals surface area contributed by atoms with Gasteiger partial charge in [0, 0.05) is 13.0 Å². The summed E-state index contributed by atoms with van der Waals surface area (Å²) in [4.78, 5) is 22.2. The van der Waals surface area contributed by atoms with Gasteiger partial charge in [0.2, 0.25) is 0 Å². The van der Waals surface area contributed by atoms with Gasteiger partial charge in [-0.1, -0.05) is 12.2 Å². The zero-order valence-corrected chi connectivity index (χ0v) is 10.2. The summed E-state index contributed by atoms with van der Waals surface area (Å²) in [6.07, 6.45) is 11.3. The molecule has 0 saturated heterocycles. The minimum Gasteiger partial charge on any atom is -0.481 e. The Morgan fingerprint density at radius 1 is 1.39 bits per heavy atom. The van der Waals surface area contributed by atoms with Gasteiger partial charge in [-0.05, 0) is 19.3 Å². The first-order valence-electron chi connectivity index (χ1n) is 6.02. The molecule has 18 heavy (non-hydrogen) atoms. The predicted molar refractivity (Wildman–Crippen MR) is 67.9 cm³/mol. The third-order valence-electron chi connectivity index (χ3n) is 2.75. The molecule has 2 amide bonds. The van der Waals surface area contributed by atoms with E-state index in [1.54, 1.807) is 12.2 Å². The van der Waals surface area contributed by atoms with Crippen molar-refractivity contribution in [2.45, 2.75) is 31.7 Å². The van der Waals surface area contributed by atoms with Crippen LogP contribution in [0.4, 0.5) is 4.79 Å². The quantitative estimate of drug-likeness (QED) is 0.375. The molecular weight excluding hydrogens is 232 g/mol. The minimum atomic E-state index is -0.856. The molecular formula is C13H18N2O3. The Labute approximate surface area is 107 Å². The standard InChI is InChI=1S/C13H18N2O3/c1-2-3-4-5-8-14-13(18)15-11-7-6-10(9-11)12(16)17/h1,6-7,10-11H,3-5,8-9H2,(H,16,17)(H2,14,15,18). The first kappa shape index (κ1) is 14.1. The van der Waals surface area contributed by atoms with Gasteiger partial charge in [0.25, 0.3) is 0 Å².